The van der Waals surface area contributed by atoms with E-state index >= 15 is 0 Å². The van der Waals surface area contributed by atoms with Gasteiger partial charge in [0.2, 0.25) is 0 Å². The minimum absolute atomic E-state index is 0.00987. The molecular formula is C22H29N5O. The second-order valence-corrected chi connectivity index (χ2v) is 7.65. The minimum Gasteiger partial charge on any atom is -0.343 e. The van der Waals surface area contributed by atoms with E-state index in [-0.39, 0.29) is 5.91 Å². The number of aromatic nitrogens is 2. The van der Waals surface area contributed by atoms with Crippen LogP contribution in [0.5, 0.6) is 0 Å². The Labute approximate surface area is 167 Å². The molecule has 6 nitrogen and oxygen atoms in total. The lowest BCUT2D eigenvalue weighted by molar-refractivity contribution is 0.0819. The third kappa shape index (κ3) is 4.42. The number of hydrogen-bond donors (Lipinski definition) is 1. The molecule has 1 aliphatic carbocycles. The van der Waals surface area contributed by atoms with Crippen LogP contribution in [-0.4, -0.2) is 47.3 Å². The van der Waals surface area contributed by atoms with Crippen LogP contribution in [0.2, 0.25) is 0 Å². The summed E-state index contributed by atoms with van der Waals surface area (Å²) in [4.78, 5) is 14.2. The van der Waals surface area contributed by atoms with Gasteiger partial charge in [0, 0.05) is 37.9 Å². The number of aryl methyl sites for hydroxylation is 1. The van der Waals surface area contributed by atoms with Gasteiger partial charge in [-0.15, -0.1) is 0 Å². The number of rotatable bonds is 7. The lowest BCUT2D eigenvalue weighted by Gasteiger charge is -2.25. The highest BCUT2D eigenvalue weighted by atomic mass is 16.2. The van der Waals surface area contributed by atoms with E-state index in [0.29, 0.717) is 17.3 Å². The Morgan fingerprint density at radius 2 is 2.11 bits per heavy atom. The Balaban J connectivity index is 1.65. The normalized spacial score (nSPS) is 15.7. The fraction of sp³-hybridized carbons (Fsp3) is 0.500. The van der Waals surface area contributed by atoms with Gasteiger partial charge in [0.05, 0.1) is 11.6 Å². The molecule has 6 heteroatoms. The van der Waals surface area contributed by atoms with Gasteiger partial charge in [-0.2, -0.15) is 10.4 Å². The zero-order valence-electron chi connectivity index (χ0n) is 17.0. The summed E-state index contributed by atoms with van der Waals surface area (Å²) in [6, 6.07) is 10.3. The molecule has 1 amide bonds. The van der Waals surface area contributed by atoms with Gasteiger partial charge in [0.25, 0.3) is 5.91 Å². The highest BCUT2D eigenvalue weighted by Gasteiger charge is 2.29. The van der Waals surface area contributed by atoms with Crippen LogP contribution in [0.4, 0.5) is 0 Å². The molecule has 0 bridgehead atoms. The summed E-state index contributed by atoms with van der Waals surface area (Å²) < 4.78 is 2.04. The van der Waals surface area contributed by atoms with Gasteiger partial charge < -0.3 is 10.2 Å². The van der Waals surface area contributed by atoms with Crippen LogP contribution in [0.15, 0.2) is 24.3 Å². The molecule has 1 heterocycles. The minimum atomic E-state index is -0.00987. The van der Waals surface area contributed by atoms with E-state index in [4.69, 9.17) is 5.26 Å². The van der Waals surface area contributed by atoms with E-state index in [9.17, 15) is 4.79 Å². The number of amides is 1. The van der Waals surface area contributed by atoms with Gasteiger partial charge >= 0.3 is 0 Å². The Morgan fingerprint density at radius 1 is 1.36 bits per heavy atom. The van der Waals surface area contributed by atoms with Crippen LogP contribution in [-0.2, 0) is 25.8 Å². The average molecular weight is 380 g/mol. The van der Waals surface area contributed by atoms with Crippen LogP contribution in [0, 0.1) is 11.3 Å². The smallest absolute Gasteiger partial charge is 0.274 e. The maximum absolute atomic E-state index is 12.6. The number of benzene rings is 1. The van der Waals surface area contributed by atoms with E-state index in [0.717, 1.165) is 50.8 Å². The van der Waals surface area contributed by atoms with Crippen molar-refractivity contribution in [2.45, 2.75) is 51.6 Å². The zero-order chi connectivity index (χ0) is 20.1. The molecule has 1 N–H and O–H groups in total. The molecular weight excluding hydrogens is 350 g/mol. The molecule has 2 aromatic rings. The topological polar surface area (TPSA) is 74.0 Å². The summed E-state index contributed by atoms with van der Waals surface area (Å²) in [5, 5.41) is 17.2. The molecule has 1 unspecified atom stereocenters. The molecule has 148 valence electrons. The van der Waals surface area contributed by atoms with Crippen LogP contribution in [0.1, 0.15) is 52.6 Å². The molecule has 1 aromatic heterocycles. The molecule has 0 radical (unpaired) electrons. The molecule has 0 saturated heterocycles. The third-order valence-corrected chi connectivity index (χ3v) is 5.32. The SMILES string of the molecule is CCCn1nc(C(=O)N(C)C)c2c1CCC(NCCc1ccc(C#N)cc1)C2. The first kappa shape index (κ1) is 20.1. The number of carbonyl (C=O) groups is 1. The van der Waals surface area contributed by atoms with Crippen molar-refractivity contribution in [2.75, 3.05) is 20.6 Å². The van der Waals surface area contributed by atoms with Crippen LogP contribution in [0.25, 0.3) is 0 Å². The van der Waals surface area contributed by atoms with Gasteiger partial charge in [-0.3, -0.25) is 9.48 Å². The Hall–Kier alpha value is -2.65. The van der Waals surface area contributed by atoms with Crippen molar-refractivity contribution in [1.82, 2.24) is 20.0 Å². The summed E-state index contributed by atoms with van der Waals surface area (Å²) in [6.07, 6.45) is 4.80. The standard InChI is InChI=1S/C22H29N5O/c1-4-13-27-20-10-9-18(14-19(20)21(25-27)22(28)26(2)3)24-12-11-16-5-7-17(15-23)8-6-16/h5-8,18,24H,4,9-14H2,1-3H3. The second-order valence-electron chi connectivity index (χ2n) is 7.65. The van der Waals surface area contributed by atoms with Gasteiger partial charge in [0.1, 0.15) is 0 Å². The molecule has 0 aliphatic heterocycles. The zero-order valence-corrected chi connectivity index (χ0v) is 17.0. The second kappa shape index (κ2) is 9.03. The molecule has 28 heavy (non-hydrogen) atoms. The van der Waals surface area contributed by atoms with Crippen molar-refractivity contribution < 1.29 is 4.79 Å². The van der Waals surface area contributed by atoms with Crippen molar-refractivity contribution in [3.05, 3.63) is 52.3 Å². The van der Waals surface area contributed by atoms with E-state index in [1.54, 1.807) is 19.0 Å². The van der Waals surface area contributed by atoms with Crippen LogP contribution < -0.4 is 5.32 Å². The van der Waals surface area contributed by atoms with Crippen LogP contribution >= 0.6 is 0 Å². The number of nitrogens with one attached hydrogen (secondary N) is 1. The highest BCUT2D eigenvalue weighted by molar-refractivity contribution is 5.93. The van der Waals surface area contributed by atoms with Crippen molar-refractivity contribution >= 4 is 5.91 Å². The molecule has 3 rings (SSSR count). The number of nitrogens with zero attached hydrogens (tertiary/aromatic N) is 4. The molecule has 1 aliphatic rings. The number of carbonyl (C=O) groups excluding carboxylic acids is 1. The van der Waals surface area contributed by atoms with E-state index in [2.05, 4.69) is 23.4 Å². The number of nitriles is 1. The summed E-state index contributed by atoms with van der Waals surface area (Å²) in [7, 11) is 3.56. The summed E-state index contributed by atoms with van der Waals surface area (Å²) in [5.41, 5.74) is 4.89. The van der Waals surface area contributed by atoms with Gasteiger partial charge in [-0.05, 0) is 56.3 Å². The first-order chi connectivity index (χ1) is 13.5. The van der Waals surface area contributed by atoms with Crippen molar-refractivity contribution in [1.29, 1.82) is 5.26 Å². The van der Waals surface area contributed by atoms with Gasteiger partial charge in [-0.1, -0.05) is 19.1 Å². The fourth-order valence-corrected chi connectivity index (χ4v) is 3.81. The van der Waals surface area contributed by atoms with E-state index in [1.807, 2.05) is 28.9 Å². The van der Waals surface area contributed by atoms with Gasteiger partial charge in [-0.25, -0.2) is 0 Å². The Morgan fingerprint density at radius 3 is 2.75 bits per heavy atom. The molecule has 1 aromatic carbocycles. The van der Waals surface area contributed by atoms with E-state index in [1.165, 1.54) is 11.3 Å². The van der Waals surface area contributed by atoms with Crippen LogP contribution in [0.3, 0.4) is 0 Å². The van der Waals surface area contributed by atoms with Crippen molar-refractivity contribution in [2.24, 2.45) is 0 Å². The fourth-order valence-electron chi connectivity index (χ4n) is 3.81. The highest BCUT2D eigenvalue weighted by Crippen LogP contribution is 2.26. The molecule has 1 atom stereocenters. The predicted octanol–water partition coefficient (Wildman–Crippen LogP) is 2.56. The first-order valence-corrected chi connectivity index (χ1v) is 10.1. The van der Waals surface area contributed by atoms with Gasteiger partial charge in [0.15, 0.2) is 5.69 Å². The Kier molecular flexibility index (Phi) is 6.48. The summed E-state index contributed by atoms with van der Waals surface area (Å²) >= 11 is 0. The molecule has 0 fully saturated rings. The maximum Gasteiger partial charge on any atom is 0.274 e. The average Bonchev–Trinajstić information content (AvgIpc) is 3.06. The number of hydrogen-bond acceptors (Lipinski definition) is 4. The quantitative estimate of drug-likeness (QED) is 0.802. The molecule has 0 spiro atoms. The lowest BCUT2D eigenvalue weighted by Crippen LogP contribution is -2.36. The van der Waals surface area contributed by atoms with Crippen molar-refractivity contribution in [3.8, 4) is 6.07 Å². The summed E-state index contributed by atoms with van der Waals surface area (Å²) in [5.74, 6) is -0.00987. The maximum atomic E-state index is 12.6. The van der Waals surface area contributed by atoms with E-state index < -0.39 is 0 Å². The number of fused-ring (bicyclic) bond motifs is 1. The largest absolute Gasteiger partial charge is 0.343 e. The predicted molar refractivity (Wildman–Crippen MR) is 109 cm³/mol. The first-order valence-electron chi connectivity index (χ1n) is 10.1. The van der Waals surface area contributed by atoms with Crippen molar-refractivity contribution in [3.63, 3.8) is 0 Å². The third-order valence-electron chi connectivity index (χ3n) is 5.32. The monoisotopic (exact) mass is 379 g/mol. The summed E-state index contributed by atoms with van der Waals surface area (Å²) in [6.45, 7) is 3.88. The molecule has 0 saturated carbocycles. The lowest BCUT2D eigenvalue weighted by atomic mass is 9.91. The Bertz CT molecular complexity index is 860.